The van der Waals surface area contributed by atoms with E-state index in [1.54, 1.807) is 0 Å². The zero-order valence-electron chi connectivity index (χ0n) is 10.7. The van der Waals surface area contributed by atoms with Gasteiger partial charge in [-0.3, -0.25) is 0 Å². The van der Waals surface area contributed by atoms with Gasteiger partial charge in [-0.05, 0) is 12.1 Å². The van der Waals surface area contributed by atoms with Crippen LogP contribution < -0.4 is 5.32 Å². The predicted molar refractivity (Wildman–Crippen MR) is 75.4 cm³/mol. The number of alkyl halides is 3. The van der Waals surface area contributed by atoms with Gasteiger partial charge in [-0.25, -0.2) is 9.97 Å². The molecular weight excluding hydrogens is 301 g/mol. The summed E-state index contributed by atoms with van der Waals surface area (Å²) in [7, 11) is 0. The van der Waals surface area contributed by atoms with Crippen LogP contribution in [-0.2, 0) is 12.6 Å². The molecule has 0 fully saturated rings. The third kappa shape index (κ3) is 3.15. The molecule has 2 N–H and O–H groups in total. The molecule has 0 spiro atoms. The standard InChI is InChI=1S/C13H11F3N4S/c14-13(15,16)10-7-21-11(20-10)5-6-17-12-18-8-3-1-2-4-9(8)19-12/h1-4,7H,5-6H2,(H2,17,18,19). The van der Waals surface area contributed by atoms with Crippen LogP contribution in [0.2, 0.25) is 0 Å². The number of halogens is 3. The molecule has 1 aromatic carbocycles. The Kier molecular flexibility index (Phi) is 3.54. The second kappa shape index (κ2) is 5.36. The SMILES string of the molecule is FC(F)(F)c1csc(CCNc2nc3ccccc3[nH]2)n1. The molecule has 2 aromatic heterocycles. The number of rotatable bonds is 4. The number of thiazole rings is 1. The number of nitrogens with one attached hydrogen (secondary N) is 2. The van der Waals surface area contributed by atoms with Gasteiger partial charge in [-0.15, -0.1) is 11.3 Å². The minimum absolute atomic E-state index is 0.414. The van der Waals surface area contributed by atoms with Crippen molar-refractivity contribution in [2.75, 3.05) is 11.9 Å². The fourth-order valence-corrected chi connectivity index (χ4v) is 2.69. The van der Waals surface area contributed by atoms with E-state index >= 15 is 0 Å². The molecule has 0 aliphatic carbocycles. The molecule has 0 saturated heterocycles. The lowest BCUT2D eigenvalue weighted by Gasteiger charge is -2.01. The van der Waals surface area contributed by atoms with E-state index in [0.717, 1.165) is 27.8 Å². The average Bonchev–Trinajstić information content (AvgIpc) is 3.03. The molecule has 8 heteroatoms. The summed E-state index contributed by atoms with van der Waals surface area (Å²) in [4.78, 5) is 11.0. The van der Waals surface area contributed by atoms with E-state index in [4.69, 9.17) is 0 Å². The number of aromatic nitrogens is 3. The van der Waals surface area contributed by atoms with Crippen LogP contribution in [0.4, 0.5) is 19.1 Å². The first-order chi connectivity index (χ1) is 10.0. The molecule has 0 unspecified atom stereocenters. The van der Waals surface area contributed by atoms with E-state index in [-0.39, 0.29) is 0 Å². The number of imidazole rings is 1. The maximum atomic E-state index is 12.4. The van der Waals surface area contributed by atoms with Crippen LogP contribution in [0.3, 0.4) is 0 Å². The van der Waals surface area contributed by atoms with Crippen LogP contribution in [0.15, 0.2) is 29.6 Å². The number of fused-ring (bicyclic) bond motifs is 1. The quantitative estimate of drug-likeness (QED) is 0.772. The largest absolute Gasteiger partial charge is 0.434 e. The summed E-state index contributed by atoms with van der Waals surface area (Å²) in [5.41, 5.74) is 0.924. The molecule has 21 heavy (non-hydrogen) atoms. The summed E-state index contributed by atoms with van der Waals surface area (Å²) in [5, 5.41) is 4.54. The Hall–Kier alpha value is -2.09. The highest BCUT2D eigenvalue weighted by atomic mass is 32.1. The van der Waals surface area contributed by atoms with Crippen molar-refractivity contribution in [1.29, 1.82) is 0 Å². The molecule has 0 aliphatic rings. The van der Waals surface area contributed by atoms with Crippen LogP contribution >= 0.6 is 11.3 Å². The minimum atomic E-state index is -4.37. The van der Waals surface area contributed by atoms with Gasteiger partial charge in [0.2, 0.25) is 5.95 Å². The van der Waals surface area contributed by atoms with Crippen molar-refractivity contribution in [2.45, 2.75) is 12.6 Å². The van der Waals surface area contributed by atoms with Gasteiger partial charge in [-0.1, -0.05) is 12.1 Å². The first kappa shape index (κ1) is 13.9. The second-order valence-corrected chi connectivity index (χ2v) is 5.35. The number of nitrogens with zero attached hydrogens (tertiary/aromatic N) is 2. The molecule has 0 aliphatic heterocycles. The summed E-state index contributed by atoms with van der Waals surface area (Å²) in [5.74, 6) is 0.601. The Bertz CT molecular complexity index is 714. The molecule has 110 valence electrons. The monoisotopic (exact) mass is 312 g/mol. The Labute approximate surface area is 122 Å². The summed E-state index contributed by atoms with van der Waals surface area (Å²) in [6, 6.07) is 7.58. The fraction of sp³-hybridized carbons (Fsp3) is 0.231. The molecule has 0 bridgehead atoms. The summed E-state index contributed by atoms with van der Waals surface area (Å²) in [6.45, 7) is 0.463. The van der Waals surface area contributed by atoms with Gasteiger partial charge in [0.1, 0.15) is 0 Å². The lowest BCUT2D eigenvalue weighted by molar-refractivity contribution is -0.140. The van der Waals surface area contributed by atoms with E-state index in [1.807, 2.05) is 24.3 Å². The van der Waals surface area contributed by atoms with E-state index in [1.165, 1.54) is 0 Å². The van der Waals surface area contributed by atoms with Crippen LogP contribution in [-0.4, -0.2) is 21.5 Å². The first-order valence-corrected chi connectivity index (χ1v) is 7.10. The third-order valence-corrected chi connectivity index (χ3v) is 3.77. The number of benzene rings is 1. The molecule has 4 nitrogen and oxygen atoms in total. The fourth-order valence-electron chi connectivity index (χ4n) is 1.88. The number of H-pyrrole nitrogens is 1. The Morgan fingerprint density at radius 2 is 2.00 bits per heavy atom. The Morgan fingerprint density at radius 1 is 1.19 bits per heavy atom. The van der Waals surface area contributed by atoms with Crippen LogP contribution in [0, 0.1) is 0 Å². The topological polar surface area (TPSA) is 53.6 Å². The van der Waals surface area contributed by atoms with E-state index in [0.29, 0.717) is 23.9 Å². The smallest absolute Gasteiger partial charge is 0.355 e. The number of hydrogen-bond acceptors (Lipinski definition) is 4. The van der Waals surface area contributed by atoms with Gasteiger partial charge >= 0.3 is 6.18 Å². The molecule has 2 heterocycles. The molecule has 3 aromatic rings. The highest BCUT2D eigenvalue weighted by Gasteiger charge is 2.33. The van der Waals surface area contributed by atoms with E-state index < -0.39 is 11.9 Å². The number of aromatic amines is 1. The van der Waals surface area contributed by atoms with Crippen molar-refractivity contribution in [3.63, 3.8) is 0 Å². The number of hydrogen-bond donors (Lipinski definition) is 2. The van der Waals surface area contributed by atoms with Crippen molar-refractivity contribution in [2.24, 2.45) is 0 Å². The highest BCUT2D eigenvalue weighted by molar-refractivity contribution is 7.09. The summed E-state index contributed by atoms with van der Waals surface area (Å²) >= 11 is 1.01. The summed E-state index contributed by atoms with van der Waals surface area (Å²) in [6.07, 6.45) is -3.96. The van der Waals surface area contributed by atoms with Gasteiger partial charge in [-0.2, -0.15) is 13.2 Å². The molecule has 3 rings (SSSR count). The van der Waals surface area contributed by atoms with Crippen molar-refractivity contribution in [3.05, 3.63) is 40.3 Å². The van der Waals surface area contributed by atoms with Gasteiger partial charge in [0.15, 0.2) is 5.69 Å². The number of para-hydroxylation sites is 2. The summed E-state index contributed by atoms with van der Waals surface area (Å²) < 4.78 is 37.3. The highest BCUT2D eigenvalue weighted by Crippen LogP contribution is 2.30. The van der Waals surface area contributed by atoms with Crippen LogP contribution in [0.1, 0.15) is 10.7 Å². The average molecular weight is 312 g/mol. The molecular formula is C13H11F3N4S. The minimum Gasteiger partial charge on any atom is -0.355 e. The van der Waals surface area contributed by atoms with Crippen molar-refractivity contribution < 1.29 is 13.2 Å². The Morgan fingerprint density at radius 3 is 2.71 bits per heavy atom. The van der Waals surface area contributed by atoms with Gasteiger partial charge in [0.25, 0.3) is 0 Å². The maximum absolute atomic E-state index is 12.4. The second-order valence-electron chi connectivity index (χ2n) is 4.40. The van der Waals surface area contributed by atoms with Gasteiger partial charge in [0.05, 0.1) is 16.0 Å². The van der Waals surface area contributed by atoms with Crippen LogP contribution in [0.25, 0.3) is 11.0 Å². The van der Waals surface area contributed by atoms with Crippen LogP contribution in [0.5, 0.6) is 0 Å². The Balaban J connectivity index is 1.59. The van der Waals surface area contributed by atoms with Crippen molar-refractivity contribution in [3.8, 4) is 0 Å². The number of anilines is 1. The van der Waals surface area contributed by atoms with Gasteiger partial charge in [0, 0.05) is 18.3 Å². The zero-order chi connectivity index (χ0) is 14.9. The lowest BCUT2D eigenvalue weighted by Crippen LogP contribution is -2.08. The van der Waals surface area contributed by atoms with Crippen molar-refractivity contribution >= 4 is 28.3 Å². The molecule has 0 atom stereocenters. The normalized spacial score (nSPS) is 12.0. The maximum Gasteiger partial charge on any atom is 0.434 e. The zero-order valence-corrected chi connectivity index (χ0v) is 11.6. The van der Waals surface area contributed by atoms with Gasteiger partial charge < -0.3 is 10.3 Å². The first-order valence-electron chi connectivity index (χ1n) is 6.22. The third-order valence-electron chi connectivity index (χ3n) is 2.86. The molecule has 0 amide bonds. The van der Waals surface area contributed by atoms with E-state index in [9.17, 15) is 13.2 Å². The molecule has 0 radical (unpaired) electrons. The molecule has 0 saturated carbocycles. The lowest BCUT2D eigenvalue weighted by atomic mass is 10.3. The predicted octanol–water partition coefficient (Wildman–Crippen LogP) is 3.69. The van der Waals surface area contributed by atoms with Crippen molar-refractivity contribution in [1.82, 2.24) is 15.0 Å². The van der Waals surface area contributed by atoms with E-state index in [2.05, 4.69) is 20.3 Å².